The Morgan fingerprint density at radius 2 is 1.83 bits per heavy atom. The Morgan fingerprint density at radius 1 is 1.21 bits per heavy atom. The van der Waals surface area contributed by atoms with Crippen LogP contribution in [-0.2, 0) is 24.8 Å². The molecule has 2 rings (SSSR count). The molecular weight excluding hydrogens is 378 g/mol. The SMILES string of the molecule is Cc1ccc(S(=O)(=O)NCCN)cc1S(=O)(=O)N1CCOCC1.Cl. The first-order valence-electron chi connectivity index (χ1n) is 7.17. The summed E-state index contributed by atoms with van der Waals surface area (Å²) < 4.78 is 58.6. The first-order valence-corrected chi connectivity index (χ1v) is 10.1. The maximum atomic E-state index is 12.7. The lowest BCUT2D eigenvalue weighted by Gasteiger charge is -2.26. The average Bonchev–Trinajstić information content (AvgIpc) is 2.54. The molecule has 0 aliphatic carbocycles. The summed E-state index contributed by atoms with van der Waals surface area (Å²) in [4.78, 5) is -0.0987. The number of nitrogens with one attached hydrogen (secondary N) is 1. The summed E-state index contributed by atoms with van der Waals surface area (Å²) in [6.45, 7) is 3.04. The van der Waals surface area contributed by atoms with E-state index in [1.165, 1.54) is 22.5 Å². The Balaban J connectivity index is 0.00000288. The molecule has 11 heteroatoms. The minimum atomic E-state index is -3.79. The number of sulfonamides is 2. The van der Waals surface area contributed by atoms with Crippen LogP contribution in [-0.4, -0.2) is 60.5 Å². The van der Waals surface area contributed by atoms with Gasteiger partial charge in [0.15, 0.2) is 0 Å². The van der Waals surface area contributed by atoms with Crippen LogP contribution in [0.25, 0.3) is 0 Å². The number of hydrogen-bond acceptors (Lipinski definition) is 6. The van der Waals surface area contributed by atoms with E-state index in [2.05, 4.69) is 4.72 Å². The Bertz CT molecular complexity index is 762. The van der Waals surface area contributed by atoms with E-state index in [0.29, 0.717) is 18.8 Å². The van der Waals surface area contributed by atoms with E-state index in [0.717, 1.165) is 0 Å². The van der Waals surface area contributed by atoms with E-state index in [1.807, 2.05) is 0 Å². The zero-order valence-corrected chi connectivity index (χ0v) is 15.7. The molecule has 0 aromatic heterocycles. The van der Waals surface area contributed by atoms with Crippen LogP contribution in [0.5, 0.6) is 0 Å². The molecule has 0 saturated carbocycles. The number of nitrogens with two attached hydrogens (primary N) is 1. The summed E-state index contributed by atoms with van der Waals surface area (Å²) in [5, 5.41) is 0. The van der Waals surface area contributed by atoms with E-state index in [4.69, 9.17) is 10.5 Å². The summed E-state index contributed by atoms with van der Waals surface area (Å²) in [5.41, 5.74) is 5.79. The maximum Gasteiger partial charge on any atom is 0.243 e. The zero-order valence-electron chi connectivity index (χ0n) is 13.3. The van der Waals surface area contributed by atoms with Crippen molar-refractivity contribution in [2.75, 3.05) is 39.4 Å². The molecule has 1 aliphatic rings. The molecule has 138 valence electrons. The largest absolute Gasteiger partial charge is 0.379 e. The van der Waals surface area contributed by atoms with Crippen molar-refractivity contribution < 1.29 is 21.6 Å². The van der Waals surface area contributed by atoms with Gasteiger partial charge in [-0.2, -0.15) is 4.31 Å². The molecule has 1 heterocycles. The maximum absolute atomic E-state index is 12.7. The van der Waals surface area contributed by atoms with E-state index < -0.39 is 20.0 Å². The van der Waals surface area contributed by atoms with Gasteiger partial charge in [0.1, 0.15) is 0 Å². The summed E-state index contributed by atoms with van der Waals surface area (Å²) in [6.07, 6.45) is 0. The Labute approximate surface area is 148 Å². The fraction of sp³-hybridized carbons (Fsp3) is 0.538. The van der Waals surface area contributed by atoms with Gasteiger partial charge in [0.2, 0.25) is 20.0 Å². The van der Waals surface area contributed by atoms with Gasteiger partial charge in [-0.3, -0.25) is 0 Å². The number of benzene rings is 1. The van der Waals surface area contributed by atoms with Crippen molar-refractivity contribution in [3.63, 3.8) is 0 Å². The van der Waals surface area contributed by atoms with Crippen LogP contribution in [0, 0.1) is 6.92 Å². The molecule has 0 unspecified atom stereocenters. The molecule has 0 spiro atoms. The number of halogens is 1. The number of nitrogens with zero attached hydrogens (tertiary/aromatic N) is 1. The highest BCUT2D eigenvalue weighted by atomic mass is 35.5. The molecular formula is C13H22ClN3O5S2. The average molecular weight is 400 g/mol. The monoisotopic (exact) mass is 399 g/mol. The lowest BCUT2D eigenvalue weighted by Crippen LogP contribution is -2.41. The van der Waals surface area contributed by atoms with Crippen molar-refractivity contribution in [3.8, 4) is 0 Å². The standard InChI is InChI=1S/C13H21N3O5S2.ClH/c1-11-2-3-12(22(17,18)15-5-4-14)10-13(11)23(19,20)16-6-8-21-9-7-16;/h2-3,10,15H,4-9,14H2,1H3;1H. The lowest BCUT2D eigenvalue weighted by atomic mass is 10.2. The predicted molar refractivity (Wildman–Crippen MR) is 92.2 cm³/mol. The van der Waals surface area contributed by atoms with Gasteiger partial charge in [-0.15, -0.1) is 12.4 Å². The van der Waals surface area contributed by atoms with Gasteiger partial charge in [-0.1, -0.05) is 6.07 Å². The molecule has 0 atom stereocenters. The normalized spacial score (nSPS) is 16.6. The number of rotatable bonds is 6. The number of morpholine rings is 1. The van der Waals surface area contributed by atoms with Crippen LogP contribution in [0.15, 0.2) is 28.0 Å². The van der Waals surface area contributed by atoms with Crippen molar-refractivity contribution >= 4 is 32.5 Å². The topological polar surface area (TPSA) is 119 Å². The van der Waals surface area contributed by atoms with Crippen LogP contribution in [0.2, 0.25) is 0 Å². The van der Waals surface area contributed by atoms with Gasteiger partial charge < -0.3 is 10.5 Å². The molecule has 1 fully saturated rings. The highest BCUT2D eigenvalue weighted by Crippen LogP contribution is 2.24. The van der Waals surface area contributed by atoms with Crippen molar-refractivity contribution in [1.29, 1.82) is 0 Å². The van der Waals surface area contributed by atoms with Crippen LogP contribution < -0.4 is 10.5 Å². The van der Waals surface area contributed by atoms with Crippen LogP contribution in [0.1, 0.15) is 5.56 Å². The first kappa shape index (κ1) is 21.3. The van der Waals surface area contributed by atoms with Crippen LogP contribution >= 0.6 is 12.4 Å². The number of hydrogen-bond donors (Lipinski definition) is 2. The second-order valence-electron chi connectivity index (χ2n) is 5.13. The smallest absolute Gasteiger partial charge is 0.243 e. The van der Waals surface area contributed by atoms with Gasteiger partial charge in [0, 0.05) is 26.2 Å². The highest BCUT2D eigenvalue weighted by Gasteiger charge is 2.29. The van der Waals surface area contributed by atoms with E-state index in [9.17, 15) is 16.8 Å². The fourth-order valence-electron chi connectivity index (χ4n) is 2.23. The molecule has 1 aliphatic heterocycles. The molecule has 1 aromatic rings. The second-order valence-corrected chi connectivity index (χ2v) is 8.80. The van der Waals surface area contributed by atoms with Gasteiger partial charge in [-0.05, 0) is 24.6 Å². The molecule has 24 heavy (non-hydrogen) atoms. The van der Waals surface area contributed by atoms with E-state index in [1.54, 1.807) is 6.92 Å². The number of ether oxygens (including phenoxy) is 1. The summed E-state index contributed by atoms with van der Waals surface area (Å²) in [6, 6.07) is 4.07. The van der Waals surface area contributed by atoms with Gasteiger partial charge in [-0.25, -0.2) is 21.6 Å². The molecule has 0 radical (unpaired) electrons. The summed E-state index contributed by atoms with van der Waals surface area (Å²) >= 11 is 0. The highest BCUT2D eigenvalue weighted by molar-refractivity contribution is 7.90. The lowest BCUT2D eigenvalue weighted by molar-refractivity contribution is 0.0730. The first-order chi connectivity index (χ1) is 10.8. The van der Waals surface area contributed by atoms with Gasteiger partial charge in [0.05, 0.1) is 23.0 Å². The summed E-state index contributed by atoms with van der Waals surface area (Å²) in [7, 11) is -7.55. The third-order valence-corrected chi connectivity index (χ3v) is 6.99. The Kier molecular flexibility index (Phi) is 7.60. The molecule has 1 aromatic carbocycles. The Morgan fingerprint density at radius 3 is 2.42 bits per heavy atom. The summed E-state index contributed by atoms with van der Waals surface area (Å²) in [5.74, 6) is 0. The fourth-order valence-corrected chi connectivity index (χ4v) is 5.03. The van der Waals surface area contributed by atoms with Gasteiger partial charge in [0.25, 0.3) is 0 Å². The Hall–Kier alpha value is -0.750. The zero-order chi connectivity index (χ0) is 17.1. The van der Waals surface area contributed by atoms with Crippen LogP contribution in [0.3, 0.4) is 0 Å². The second kappa shape index (κ2) is 8.56. The van der Waals surface area contributed by atoms with Crippen molar-refractivity contribution in [3.05, 3.63) is 23.8 Å². The van der Waals surface area contributed by atoms with E-state index in [-0.39, 0.29) is 48.4 Å². The molecule has 0 bridgehead atoms. The number of aryl methyl sites for hydroxylation is 1. The van der Waals surface area contributed by atoms with Crippen molar-refractivity contribution in [2.45, 2.75) is 16.7 Å². The molecule has 0 amide bonds. The third kappa shape index (κ3) is 4.66. The van der Waals surface area contributed by atoms with E-state index >= 15 is 0 Å². The van der Waals surface area contributed by atoms with Gasteiger partial charge >= 0.3 is 0 Å². The van der Waals surface area contributed by atoms with Crippen molar-refractivity contribution in [1.82, 2.24) is 9.03 Å². The predicted octanol–water partition coefficient (Wildman–Crippen LogP) is -0.325. The van der Waals surface area contributed by atoms with Crippen LogP contribution in [0.4, 0.5) is 0 Å². The minimum absolute atomic E-state index is 0. The quantitative estimate of drug-likeness (QED) is 0.676. The molecule has 1 saturated heterocycles. The molecule has 8 nitrogen and oxygen atoms in total. The third-order valence-electron chi connectivity index (χ3n) is 3.49. The minimum Gasteiger partial charge on any atom is -0.379 e. The van der Waals surface area contributed by atoms with Crippen molar-refractivity contribution in [2.24, 2.45) is 5.73 Å². The molecule has 3 N–H and O–H groups in total.